The summed E-state index contributed by atoms with van der Waals surface area (Å²) in [5.41, 5.74) is -11.4. The standard InChI is InChI=1S/C79H82F14N4O35/c80-37-34(38(81)44(87)47(90)43(37)86)31-18-3-1-16(94-18)17-2-4-19(95-17)32(21-6-8-23(97-21)33(22-7-5-20(31)96-22)35-39(82)45(88)48(91)46(89)40(35)83)36-41(84)49(92)72(50(93)42(36)85)118-15-30-71-57(110)64(117)79(125-30)132-78-63(116)56(109)70(29(14-103)124-78)131-77-62(115)55(108)69(28(13-102)123-77)130-76-61(114)54(107)68(27(12-101)122-76)129-75-60(113)53(106)67(26(11-100)121-75)128-74-59(112)52(105)66(25(10-99)120-74)127-73-58(111)51(104)65(126-71)24(9-98)119-73/h1-4,6-8,24-30,51-71,73-79,94-117H,5,9-15H2/t24-,25-,26-,27-,28-,29-,30-,51-,52-,53-,54+,55-,56-,57-,58-,59-,60-,61-,62-,63-,64-,65-,66-,67-,68-,69-,70-,71-,73-,74-,75-,76-,77-,78-,79-/m1/s1. The van der Waals surface area contributed by atoms with E-state index in [0.717, 1.165) is 42.5 Å². The zero-order valence-electron chi connectivity index (χ0n) is 66.8. The Kier molecular flexibility index (Phi) is 28.3. The summed E-state index contributed by atoms with van der Waals surface area (Å²) in [6.07, 6.45) is -80.7. The van der Waals surface area contributed by atoms with Crippen molar-refractivity contribution in [1.29, 1.82) is 0 Å². The lowest BCUT2D eigenvalue weighted by molar-refractivity contribution is -0.402. The van der Waals surface area contributed by atoms with Gasteiger partial charge in [0, 0.05) is 56.6 Å². The zero-order valence-corrected chi connectivity index (χ0v) is 66.8. The van der Waals surface area contributed by atoms with Gasteiger partial charge >= 0.3 is 0 Å². The molecule has 22 bridgehead atoms. The average molecular weight is 1910 g/mol. The van der Waals surface area contributed by atoms with Crippen LogP contribution in [0.1, 0.15) is 34.5 Å². The van der Waals surface area contributed by atoms with Crippen LogP contribution in [-0.2, 0) is 66.3 Å². The van der Waals surface area contributed by atoms with Crippen LogP contribution in [0.2, 0.25) is 0 Å². The normalized spacial score (nSPS) is 38.3. The number of ether oxygens (including phenoxy) is 15. The number of rotatable bonds is 12. The van der Waals surface area contributed by atoms with Gasteiger partial charge in [0.25, 0.3) is 0 Å². The maximum Gasteiger partial charge on any atom is 0.204 e. The molecule has 29 rings (SSSR count). The highest BCUT2D eigenvalue weighted by atomic mass is 19.2. The number of aliphatic hydroxyl groups is 20. The van der Waals surface area contributed by atoms with Crippen LogP contribution in [0.4, 0.5) is 61.5 Å². The van der Waals surface area contributed by atoms with E-state index < -0.39 is 422 Å². The van der Waals surface area contributed by atoms with Crippen molar-refractivity contribution in [2.75, 3.05) is 46.2 Å². The molecule has 0 aliphatic carbocycles. The van der Waals surface area contributed by atoms with E-state index in [-0.39, 0.29) is 11.4 Å². The van der Waals surface area contributed by atoms with Gasteiger partial charge in [0.1, 0.15) is 178 Å². The Morgan fingerprint density at radius 2 is 0.508 bits per heavy atom. The monoisotopic (exact) mass is 1910 g/mol. The number of fused-ring (bicyclic) bond motifs is 9. The molecule has 3 aromatic carbocycles. The maximum absolute atomic E-state index is 17.8. The first kappa shape index (κ1) is 97.1. The third-order valence-corrected chi connectivity index (χ3v) is 24.2. The Labute approximate surface area is 728 Å². The van der Waals surface area contributed by atoms with Gasteiger partial charge in [-0.2, -0.15) is 8.78 Å². The predicted molar refractivity (Wildman–Crippen MR) is 392 cm³/mol. The number of aromatic amines is 3. The van der Waals surface area contributed by atoms with Crippen LogP contribution in [0.15, 0.2) is 53.9 Å². The van der Waals surface area contributed by atoms with Crippen molar-refractivity contribution in [3.63, 3.8) is 0 Å². The van der Waals surface area contributed by atoms with Gasteiger partial charge in [-0.3, -0.25) is 0 Å². The molecule has 39 nitrogen and oxygen atoms in total. The number of benzene rings is 3. The van der Waals surface area contributed by atoms with E-state index >= 15 is 52.7 Å². The smallest absolute Gasteiger partial charge is 0.204 e. The molecular formula is C79H82F14N4O35. The van der Waals surface area contributed by atoms with Crippen LogP contribution < -0.4 is 20.8 Å². The lowest BCUT2D eigenvalue weighted by Crippen LogP contribution is -2.68. The molecule has 0 spiro atoms. The number of hydrogen-bond donors (Lipinski definition) is 24. The van der Waals surface area contributed by atoms with Crippen molar-refractivity contribution >= 4 is 16.7 Å². The van der Waals surface area contributed by atoms with Crippen LogP contribution >= 0.6 is 0 Å². The minimum Gasteiger partial charge on any atom is -0.485 e. The lowest BCUT2D eigenvalue weighted by atomic mass is 9.94. The third-order valence-electron chi connectivity index (χ3n) is 24.2. The highest BCUT2D eigenvalue weighted by Crippen LogP contribution is 2.46. The van der Waals surface area contributed by atoms with Gasteiger partial charge in [0.2, 0.25) is 23.3 Å². The number of allylic oxidation sites excluding steroid dienone is 2. The van der Waals surface area contributed by atoms with Gasteiger partial charge in [-0.1, -0.05) is 6.08 Å². The summed E-state index contributed by atoms with van der Waals surface area (Å²) in [7, 11) is 0. The van der Waals surface area contributed by atoms with Crippen molar-refractivity contribution < 1.29 is 235 Å². The Morgan fingerprint density at radius 3 is 0.833 bits per heavy atom. The first-order valence-corrected chi connectivity index (χ1v) is 40.2. The van der Waals surface area contributed by atoms with Gasteiger partial charge in [-0.15, -0.1) is 0 Å². The third kappa shape index (κ3) is 16.9. The number of H-pyrrole nitrogens is 3. The van der Waals surface area contributed by atoms with Crippen LogP contribution in [0, 0.1) is 81.4 Å². The zero-order chi connectivity index (χ0) is 95.0. The van der Waals surface area contributed by atoms with Crippen molar-refractivity contribution in [3.8, 4) is 17.1 Å². The Balaban J connectivity index is 0.755. The van der Waals surface area contributed by atoms with E-state index in [9.17, 15) is 111 Å². The maximum atomic E-state index is 17.8. The summed E-state index contributed by atoms with van der Waals surface area (Å²) in [4.78, 5) is 7.77. The second-order valence-electron chi connectivity index (χ2n) is 32.0. The van der Waals surface area contributed by atoms with E-state index in [1.54, 1.807) is 0 Å². The molecule has 0 amide bonds. The van der Waals surface area contributed by atoms with Crippen LogP contribution in [0.5, 0.6) is 5.75 Å². The average Bonchev–Trinajstić information content (AvgIpc) is 1.69. The van der Waals surface area contributed by atoms with E-state index in [0.29, 0.717) is 0 Å². The second-order valence-corrected chi connectivity index (χ2v) is 32.0. The van der Waals surface area contributed by atoms with E-state index in [1.165, 1.54) is 0 Å². The van der Waals surface area contributed by atoms with Crippen molar-refractivity contribution in [1.82, 2.24) is 20.3 Å². The molecule has 6 aromatic rings. The molecule has 23 aliphatic rings. The Bertz CT molecular complexity index is 5360. The molecule has 21 fully saturated rings. The molecule has 23 aliphatic heterocycles. The molecule has 3 aromatic heterocycles. The molecule has 26 heterocycles. The van der Waals surface area contributed by atoms with Gasteiger partial charge in [-0.05, 0) is 36.4 Å². The molecule has 53 heteroatoms. The molecule has 132 heavy (non-hydrogen) atoms. The van der Waals surface area contributed by atoms with Crippen molar-refractivity contribution in [3.05, 3.63) is 174 Å². The SMILES string of the molecule is OC[C@H]1O[C@@H]2O[C@H]3O[C@H](COc4c(F)c(F)c(C5=c6ccc([nH]6)=C(c6c(F)c(F)c(F)c(F)c6F)C6=CCC(=C(c7c(F)c(F)c(F)c(F)c7F)c7ccc([nH]7)-c7ccc5[nH]7)N6)c(F)c4F)[C@@H](O[C@H]4[C@H](O)[C@@H](O)[C@@H](O[C@H]5[C@H](O)[C@@H](O)[C@@H](O[C@H]6[C@H](O)[C@@H](O)[C@@H](O[C@H]7[C@@H](O)[C@@H](O)[C@@H](O[C@H]8[C@H](O)[C@@H](O)[C@@H](O[C@H]1[C@H](O)[C@H]2O)O[C@@H]8CO)O[C@@H]7CO)O[C@@H]6CO)O[C@@H]5CO)O[C@@H]4CO)[C@H](O)[C@H]3O. The fourth-order valence-corrected chi connectivity index (χ4v) is 17.3. The fourth-order valence-electron chi connectivity index (χ4n) is 17.3. The molecule has 726 valence electrons. The van der Waals surface area contributed by atoms with Crippen LogP contribution in [-0.4, -0.2) is 378 Å². The fraction of sp³-hybridized carbons (Fsp3) is 0.544. The molecule has 0 radical (unpaired) electrons. The van der Waals surface area contributed by atoms with E-state index in [1.807, 2.05) is 0 Å². The highest BCUT2D eigenvalue weighted by molar-refractivity contribution is 5.87. The summed E-state index contributed by atoms with van der Waals surface area (Å²) in [6, 6.07) is 5.60. The first-order valence-electron chi connectivity index (χ1n) is 40.2. The summed E-state index contributed by atoms with van der Waals surface area (Å²) in [5, 5.41) is 229. The van der Waals surface area contributed by atoms with E-state index in [4.69, 9.17) is 71.1 Å². The Hall–Kier alpha value is -8.02. The number of aliphatic hydroxyl groups excluding tert-OH is 20. The summed E-state index contributed by atoms with van der Waals surface area (Å²) >= 11 is 0. The molecule has 0 unspecified atom stereocenters. The van der Waals surface area contributed by atoms with Crippen molar-refractivity contribution in [2.45, 2.75) is 221 Å². The van der Waals surface area contributed by atoms with Crippen LogP contribution in [0.3, 0.4) is 0 Å². The van der Waals surface area contributed by atoms with E-state index in [2.05, 4.69) is 20.3 Å². The molecule has 21 saturated heterocycles. The van der Waals surface area contributed by atoms with Gasteiger partial charge in [-0.25, -0.2) is 52.7 Å². The molecular weight excluding hydrogens is 1830 g/mol. The summed E-state index contributed by atoms with van der Waals surface area (Å²) in [5.74, 6) is -37.7. The molecule has 0 saturated carbocycles. The number of halogens is 14. The Morgan fingerprint density at radius 1 is 0.258 bits per heavy atom. The van der Waals surface area contributed by atoms with Gasteiger partial charge in [0.15, 0.2) is 108 Å². The van der Waals surface area contributed by atoms with Crippen molar-refractivity contribution in [2.24, 2.45) is 0 Å². The minimum absolute atomic E-state index is 0.235. The quantitative estimate of drug-likeness (QED) is 0.0308. The van der Waals surface area contributed by atoms with Gasteiger partial charge in [0.05, 0.1) is 67.7 Å². The lowest BCUT2D eigenvalue weighted by Gasteiger charge is -2.50. The number of nitrogens with one attached hydrogen (secondary N) is 4. The first-order chi connectivity index (χ1) is 62.8. The number of hydrogen-bond acceptors (Lipinski definition) is 36. The predicted octanol–water partition coefficient (Wildman–Crippen LogP) is -6.45. The second kappa shape index (κ2) is 38.5. The highest BCUT2D eigenvalue weighted by Gasteiger charge is 2.61. The minimum atomic E-state index is -2.74. The topological polar surface area (TPSA) is 602 Å². The molecule has 24 N–H and O–H groups in total. The number of aromatic nitrogens is 3. The van der Waals surface area contributed by atoms with Gasteiger partial charge < -0.3 is 193 Å². The molecule has 35 atom stereocenters. The summed E-state index contributed by atoms with van der Waals surface area (Å²) < 4.78 is 312. The largest absolute Gasteiger partial charge is 0.485 e. The summed E-state index contributed by atoms with van der Waals surface area (Å²) in [6.45, 7) is -9.20. The van der Waals surface area contributed by atoms with Crippen LogP contribution in [0.25, 0.3) is 28.1 Å².